The molecule has 124 valence electrons. The minimum atomic E-state index is -0.391. The van der Waals surface area contributed by atoms with Crippen molar-refractivity contribution < 1.29 is 4.79 Å². The van der Waals surface area contributed by atoms with Gasteiger partial charge in [0.05, 0.1) is 11.2 Å². The van der Waals surface area contributed by atoms with Crippen LogP contribution in [0.15, 0.2) is 48.5 Å². The minimum absolute atomic E-state index is 0.112. The van der Waals surface area contributed by atoms with Crippen LogP contribution in [0.25, 0.3) is 5.57 Å². The molecule has 0 saturated carbocycles. The number of carbonyl (C=O) groups is 1. The Morgan fingerprint density at radius 3 is 2.29 bits per heavy atom. The summed E-state index contributed by atoms with van der Waals surface area (Å²) in [6.07, 6.45) is 2.16. The van der Waals surface area contributed by atoms with Crippen molar-refractivity contribution in [2.75, 3.05) is 10.2 Å². The van der Waals surface area contributed by atoms with Gasteiger partial charge >= 0.3 is 6.03 Å². The van der Waals surface area contributed by atoms with Gasteiger partial charge in [0.15, 0.2) is 0 Å². The van der Waals surface area contributed by atoms with Crippen LogP contribution in [0.4, 0.5) is 16.2 Å². The van der Waals surface area contributed by atoms with Gasteiger partial charge in [0.1, 0.15) is 0 Å². The first-order valence-electron chi connectivity index (χ1n) is 8.27. The number of amides is 2. The first-order valence-corrected chi connectivity index (χ1v) is 8.27. The second kappa shape index (κ2) is 5.82. The zero-order chi connectivity index (χ0) is 17.5. The number of hydrogen-bond acceptors (Lipinski definition) is 1. The molecule has 0 radical (unpaired) electrons. The van der Waals surface area contributed by atoms with Crippen LogP contribution in [0, 0.1) is 13.8 Å². The quantitative estimate of drug-likeness (QED) is 0.735. The fourth-order valence-electron chi connectivity index (χ4n) is 3.36. The lowest BCUT2D eigenvalue weighted by atomic mass is 9.87. The van der Waals surface area contributed by atoms with Gasteiger partial charge in [0.2, 0.25) is 0 Å². The Labute approximate surface area is 144 Å². The molecule has 1 N–H and O–H groups in total. The highest BCUT2D eigenvalue weighted by Gasteiger charge is 2.36. The maximum absolute atomic E-state index is 13.0. The van der Waals surface area contributed by atoms with E-state index in [-0.39, 0.29) is 6.03 Å². The Kier molecular flexibility index (Phi) is 3.96. The van der Waals surface area contributed by atoms with Gasteiger partial charge in [-0.2, -0.15) is 0 Å². The van der Waals surface area contributed by atoms with Crippen molar-refractivity contribution in [2.24, 2.45) is 0 Å². The molecular weight excluding hydrogens is 296 g/mol. The fourth-order valence-corrected chi connectivity index (χ4v) is 3.36. The molecule has 1 aliphatic rings. The Bertz CT molecular complexity index is 819. The maximum atomic E-state index is 13.0. The molecule has 0 spiro atoms. The Morgan fingerprint density at radius 1 is 1.00 bits per heavy atom. The summed E-state index contributed by atoms with van der Waals surface area (Å²) in [6, 6.07) is 13.8. The predicted octanol–water partition coefficient (Wildman–Crippen LogP) is 5.54. The summed E-state index contributed by atoms with van der Waals surface area (Å²) in [7, 11) is 0. The van der Waals surface area contributed by atoms with Gasteiger partial charge in [-0.1, -0.05) is 24.3 Å². The molecule has 0 bridgehead atoms. The maximum Gasteiger partial charge on any atom is 0.327 e. The van der Waals surface area contributed by atoms with E-state index in [0.29, 0.717) is 0 Å². The number of para-hydroxylation sites is 1. The molecule has 0 aliphatic carbocycles. The van der Waals surface area contributed by atoms with Gasteiger partial charge < -0.3 is 5.32 Å². The molecule has 2 aromatic carbocycles. The highest BCUT2D eigenvalue weighted by Crippen LogP contribution is 2.40. The summed E-state index contributed by atoms with van der Waals surface area (Å²) in [5.41, 5.74) is 6.15. The van der Waals surface area contributed by atoms with E-state index < -0.39 is 5.54 Å². The predicted molar refractivity (Wildman–Crippen MR) is 102 cm³/mol. The van der Waals surface area contributed by atoms with Crippen molar-refractivity contribution in [1.82, 2.24) is 0 Å². The van der Waals surface area contributed by atoms with Crippen LogP contribution in [0.2, 0.25) is 0 Å². The van der Waals surface area contributed by atoms with Crippen LogP contribution < -0.4 is 10.2 Å². The average Bonchev–Trinajstić information content (AvgIpc) is 2.49. The molecule has 0 fully saturated rings. The Hall–Kier alpha value is -2.55. The van der Waals surface area contributed by atoms with Crippen molar-refractivity contribution in [2.45, 2.75) is 40.2 Å². The highest BCUT2D eigenvalue weighted by molar-refractivity contribution is 6.06. The number of urea groups is 1. The largest absolute Gasteiger partial charge is 0.327 e. The van der Waals surface area contributed by atoms with E-state index in [1.54, 1.807) is 0 Å². The number of allylic oxidation sites excluding steroid dienone is 1. The standard InChI is InChI=1S/C21H24N2O/c1-14-11-18-16(3)13-21(4,5)23(19(18)12-15(14)2)20(24)22-17-9-7-6-8-10-17/h6-13H,1-5H3,(H,22,24). The molecule has 3 rings (SSSR count). The third kappa shape index (κ3) is 2.82. The molecule has 0 atom stereocenters. The molecule has 3 nitrogen and oxygen atoms in total. The SMILES string of the molecule is CC1=CC(C)(C)N(C(=O)Nc2ccccc2)c2cc(C)c(C)cc21. The van der Waals surface area contributed by atoms with Gasteiger partial charge in [-0.3, -0.25) is 4.90 Å². The molecule has 0 unspecified atom stereocenters. The second-order valence-corrected chi connectivity index (χ2v) is 7.07. The Balaban J connectivity index is 2.06. The lowest BCUT2D eigenvalue weighted by Gasteiger charge is -2.41. The van der Waals surface area contributed by atoms with Gasteiger partial charge in [0, 0.05) is 11.3 Å². The third-order valence-electron chi connectivity index (χ3n) is 4.65. The number of nitrogens with one attached hydrogen (secondary N) is 1. The first-order chi connectivity index (χ1) is 11.3. The zero-order valence-electron chi connectivity index (χ0n) is 15.0. The number of benzene rings is 2. The van der Waals surface area contributed by atoms with Crippen LogP contribution in [-0.2, 0) is 0 Å². The average molecular weight is 320 g/mol. The van der Waals surface area contributed by atoms with E-state index in [1.165, 1.54) is 16.7 Å². The van der Waals surface area contributed by atoms with Gasteiger partial charge in [-0.15, -0.1) is 0 Å². The number of aryl methyl sites for hydroxylation is 2. The third-order valence-corrected chi connectivity index (χ3v) is 4.65. The number of rotatable bonds is 1. The highest BCUT2D eigenvalue weighted by atomic mass is 16.2. The summed E-state index contributed by atoms with van der Waals surface area (Å²) in [4.78, 5) is 14.9. The second-order valence-electron chi connectivity index (χ2n) is 7.07. The summed E-state index contributed by atoms with van der Waals surface area (Å²) in [5, 5.41) is 3.01. The topological polar surface area (TPSA) is 32.3 Å². The number of carbonyl (C=O) groups excluding carboxylic acids is 1. The summed E-state index contributed by atoms with van der Waals surface area (Å²) >= 11 is 0. The minimum Gasteiger partial charge on any atom is -0.308 e. The number of hydrogen-bond donors (Lipinski definition) is 1. The van der Waals surface area contributed by atoms with E-state index in [9.17, 15) is 4.79 Å². The van der Waals surface area contributed by atoms with Crippen LogP contribution in [0.5, 0.6) is 0 Å². The van der Waals surface area contributed by atoms with Crippen molar-refractivity contribution in [3.05, 3.63) is 65.2 Å². The number of fused-ring (bicyclic) bond motifs is 1. The lowest BCUT2D eigenvalue weighted by molar-refractivity contribution is 0.253. The van der Waals surface area contributed by atoms with E-state index in [2.05, 4.69) is 58.1 Å². The van der Waals surface area contributed by atoms with Crippen molar-refractivity contribution >= 4 is 23.0 Å². The molecule has 0 aromatic heterocycles. The van der Waals surface area contributed by atoms with Gasteiger partial charge in [-0.05, 0) is 75.6 Å². The summed E-state index contributed by atoms with van der Waals surface area (Å²) in [6.45, 7) is 10.4. The van der Waals surface area contributed by atoms with Crippen LogP contribution in [0.1, 0.15) is 37.5 Å². The molecule has 2 amide bonds. The van der Waals surface area contributed by atoms with Crippen molar-refractivity contribution in [3.63, 3.8) is 0 Å². The van der Waals surface area contributed by atoms with Crippen molar-refractivity contribution in [3.8, 4) is 0 Å². The van der Waals surface area contributed by atoms with E-state index in [4.69, 9.17) is 0 Å². The molecule has 1 heterocycles. The van der Waals surface area contributed by atoms with E-state index >= 15 is 0 Å². The Morgan fingerprint density at radius 2 is 1.62 bits per heavy atom. The smallest absolute Gasteiger partial charge is 0.308 e. The molecule has 24 heavy (non-hydrogen) atoms. The number of nitrogens with zero attached hydrogens (tertiary/aromatic N) is 1. The normalized spacial score (nSPS) is 15.5. The van der Waals surface area contributed by atoms with E-state index in [1.807, 2.05) is 35.2 Å². The summed E-state index contributed by atoms with van der Waals surface area (Å²) in [5.74, 6) is 0. The van der Waals surface area contributed by atoms with E-state index in [0.717, 1.165) is 16.9 Å². The molecule has 2 aromatic rings. The van der Waals surface area contributed by atoms with Gasteiger partial charge in [-0.25, -0.2) is 4.79 Å². The van der Waals surface area contributed by atoms with Crippen LogP contribution in [-0.4, -0.2) is 11.6 Å². The summed E-state index contributed by atoms with van der Waals surface area (Å²) < 4.78 is 0. The number of anilines is 2. The first kappa shape index (κ1) is 16.3. The molecular formula is C21H24N2O. The molecule has 3 heteroatoms. The van der Waals surface area contributed by atoms with Crippen LogP contribution in [0.3, 0.4) is 0 Å². The molecule has 1 aliphatic heterocycles. The molecule has 0 saturated heterocycles. The van der Waals surface area contributed by atoms with Crippen LogP contribution >= 0.6 is 0 Å². The zero-order valence-corrected chi connectivity index (χ0v) is 15.0. The lowest BCUT2D eigenvalue weighted by Crippen LogP contribution is -2.50. The fraction of sp³-hybridized carbons (Fsp3) is 0.286. The monoisotopic (exact) mass is 320 g/mol. The van der Waals surface area contributed by atoms with Crippen molar-refractivity contribution in [1.29, 1.82) is 0 Å². The van der Waals surface area contributed by atoms with Gasteiger partial charge in [0.25, 0.3) is 0 Å².